The number of nitrogens with zero attached hydrogens (tertiary/aromatic N) is 1. The maximum Gasteiger partial charge on any atom is 0.243 e. The second kappa shape index (κ2) is 6.34. The van der Waals surface area contributed by atoms with Crippen LogP contribution in [0.3, 0.4) is 0 Å². The van der Waals surface area contributed by atoms with Crippen molar-refractivity contribution >= 4 is 17.5 Å². The molecule has 3 aromatic rings. The fraction of sp³-hybridized carbons (Fsp3) is 0.167. The van der Waals surface area contributed by atoms with Gasteiger partial charge in [0.1, 0.15) is 5.41 Å². The highest BCUT2D eigenvalue weighted by Crippen LogP contribution is 2.54. The minimum Gasteiger partial charge on any atom is -0.377 e. The monoisotopic (exact) mass is 368 g/mol. The van der Waals surface area contributed by atoms with E-state index in [2.05, 4.69) is 5.32 Å². The number of nitrogens with one attached hydrogen (secondary N) is 1. The van der Waals surface area contributed by atoms with Crippen molar-refractivity contribution in [2.24, 2.45) is 0 Å². The number of amides is 2. The normalized spacial score (nSPS) is 23.1. The number of benzene rings is 3. The van der Waals surface area contributed by atoms with Crippen LogP contribution in [-0.2, 0) is 21.5 Å². The van der Waals surface area contributed by atoms with E-state index in [4.69, 9.17) is 0 Å². The first-order chi connectivity index (χ1) is 13.7. The van der Waals surface area contributed by atoms with E-state index >= 15 is 0 Å². The molecule has 2 heterocycles. The fourth-order valence-electron chi connectivity index (χ4n) is 4.57. The molecule has 0 unspecified atom stereocenters. The molecule has 1 saturated heterocycles. The Bertz CT molecular complexity index is 1050. The number of imide groups is 1. The van der Waals surface area contributed by atoms with Crippen molar-refractivity contribution in [1.29, 1.82) is 0 Å². The lowest BCUT2D eigenvalue weighted by Crippen LogP contribution is -2.41. The smallest absolute Gasteiger partial charge is 0.243 e. The molecule has 1 spiro atoms. The van der Waals surface area contributed by atoms with Gasteiger partial charge in [-0.05, 0) is 22.8 Å². The molecule has 4 nitrogen and oxygen atoms in total. The summed E-state index contributed by atoms with van der Waals surface area (Å²) in [6.07, 6.45) is 0.183. The van der Waals surface area contributed by atoms with Crippen molar-refractivity contribution in [2.45, 2.75) is 24.4 Å². The Morgan fingerprint density at radius 3 is 2.25 bits per heavy atom. The Hall–Kier alpha value is -3.40. The number of rotatable bonds is 3. The molecule has 28 heavy (non-hydrogen) atoms. The number of anilines is 1. The van der Waals surface area contributed by atoms with Crippen LogP contribution in [-0.4, -0.2) is 16.7 Å². The van der Waals surface area contributed by atoms with E-state index in [1.54, 1.807) is 0 Å². The molecule has 0 saturated carbocycles. The third-order valence-corrected chi connectivity index (χ3v) is 5.87. The average Bonchev–Trinajstić information content (AvgIpc) is 3.20. The lowest BCUT2D eigenvalue weighted by Gasteiger charge is -2.29. The van der Waals surface area contributed by atoms with Gasteiger partial charge in [-0.15, -0.1) is 0 Å². The number of likely N-dealkylation sites (tertiary alicyclic amines) is 1. The highest BCUT2D eigenvalue weighted by Gasteiger charge is 2.61. The molecule has 4 heteroatoms. The van der Waals surface area contributed by atoms with Gasteiger partial charge in [0.25, 0.3) is 0 Å². The molecule has 0 aromatic heterocycles. The molecule has 0 radical (unpaired) electrons. The van der Waals surface area contributed by atoms with E-state index in [1.807, 2.05) is 84.9 Å². The zero-order valence-corrected chi connectivity index (χ0v) is 15.3. The summed E-state index contributed by atoms with van der Waals surface area (Å²) < 4.78 is 0. The van der Waals surface area contributed by atoms with Gasteiger partial charge in [0.05, 0.1) is 12.6 Å². The third kappa shape index (κ3) is 2.38. The topological polar surface area (TPSA) is 49.4 Å². The summed E-state index contributed by atoms with van der Waals surface area (Å²) in [7, 11) is 0. The highest BCUT2D eigenvalue weighted by atomic mass is 16.2. The molecule has 2 aliphatic rings. The largest absolute Gasteiger partial charge is 0.377 e. The van der Waals surface area contributed by atoms with E-state index in [-0.39, 0.29) is 24.3 Å². The van der Waals surface area contributed by atoms with Gasteiger partial charge in [-0.25, -0.2) is 0 Å². The number of hydrogen-bond donors (Lipinski definition) is 1. The van der Waals surface area contributed by atoms with Crippen LogP contribution in [0.15, 0.2) is 84.9 Å². The predicted molar refractivity (Wildman–Crippen MR) is 108 cm³/mol. The zero-order valence-electron chi connectivity index (χ0n) is 15.3. The van der Waals surface area contributed by atoms with E-state index in [0.29, 0.717) is 6.54 Å². The Labute approximate surface area is 163 Å². The first-order valence-electron chi connectivity index (χ1n) is 9.50. The summed E-state index contributed by atoms with van der Waals surface area (Å²) in [5.74, 6) is -0.235. The molecule has 0 bridgehead atoms. The summed E-state index contributed by atoms with van der Waals surface area (Å²) in [5.41, 5.74) is 2.92. The Morgan fingerprint density at radius 2 is 1.50 bits per heavy atom. The quantitative estimate of drug-likeness (QED) is 0.710. The van der Waals surface area contributed by atoms with E-state index in [0.717, 1.165) is 22.4 Å². The fourth-order valence-corrected chi connectivity index (χ4v) is 4.57. The molecular weight excluding hydrogens is 348 g/mol. The van der Waals surface area contributed by atoms with E-state index in [1.165, 1.54) is 4.90 Å². The van der Waals surface area contributed by atoms with Crippen LogP contribution >= 0.6 is 0 Å². The minimum absolute atomic E-state index is 0.117. The van der Waals surface area contributed by atoms with Gasteiger partial charge in [-0.1, -0.05) is 78.9 Å². The average molecular weight is 368 g/mol. The molecule has 2 aliphatic heterocycles. The summed E-state index contributed by atoms with van der Waals surface area (Å²) in [6, 6.07) is 27.2. The molecule has 138 valence electrons. The Kier molecular flexibility index (Phi) is 3.79. The molecule has 5 rings (SSSR count). The summed E-state index contributed by atoms with van der Waals surface area (Å²) in [4.78, 5) is 28.2. The number of carbonyl (C=O) groups is 2. The third-order valence-electron chi connectivity index (χ3n) is 5.87. The molecule has 2 atom stereocenters. The first-order valence-corrected chi connectivity index (χ1v) is 9.50. The van der Waals surface area contributed by atoms with E-state index in [9.17, 15) is 9.59 Å². The van der Waals surface area contributed by atoms with Gasteiger partial charge in [0.15, 0.2) is 0 Å². The van der Waals surface area contributed by atoms with Crippen molar-refractivity contribution < 1.29 is 9.59 Å². The molecule has 0 aliphatic carbocycles. The van der Waals surface area contributed by atoms with Crippen LogP contribution in [0.2, 0.25) is 0 Å². The molecule has 2 amide bonds. The van der Waals surface area contributed by atoms with Gasteiger partial charge in [0, 0.05) is 12.1 Å². The second-order valence-corrected chi connectivity index (χ2v) is 7.45. The Balaban J connectivity index is 1.61. The van der Waals surface area contributed by atoms with Crippen LogP contribution in [0.4, 0.5) is 5.69 Å². The number of para-hydroxylation sites is 1. The van der Waals surface area contributed by atoms with Crippen molar-refractivity contribution in [1.82, 2.24) is 4.90 Å². The minimum atomic E-state index is -0.899. The maximum absolute atomic E-state index is 13.8. The van der Waals surface area contributed by atoms with Gasteiger partial charge in [-0.2, -0.15) is 0 Å². The second-order valence-electron chi connectivity index (χ2n) is 7.45. The number of carbonyl (C=O) groups excluding carboxylic acids is 2. The van der Waals surface area contributed by atoms with Gasteiger partial charge in [0.2, 0.25) is 11.8 Å². The predicted octanol–water partition coefficient (Wildman–Crippen LogP) is 4.05. The van der Waals surface area contributed by atoms with Crippen LogP contribution in [0.1, 0.15) is 29.2 Å². The lowest BCUT2D eigenvalue weighted by molar-refractivity contribution is -0.140. The van der Waals surface area contributed by atoms with E-state index < -0.39 is 5.41 Å². The van der Waals surface area contributed by atoms with Crippen molar-refractivity contribution in [3.05, 3.63) is 102 Å². The van der Waals surface area contributed by atoms with Gasteiger partial charge >= 0.3 is 0 Å². The number of hydrogen-bond acceptors (Lipinski definition) is 3. The van der Waals surface area contributed by atoms with Crippen molar-refractivity contribution in [3.63, 3.8) is 0 Å². The van der Waals surface area contributed by atoms with Crippen LogP contribution in [0.5, 0.6) is 0 Å². The van der Waals surface area contributed by atoms with Crippen LogP contribution in [0, 0.1) is 0 Å². The maximum atomic E-state index is 13.8. The zero-order chi connectivity index (χ0) is 19.1. The van der Waals surface area contributed by atoms with Crippen molar-refractivity contribution in [3.8, 4) is 0 Å². The van der Waals surface area contributed by atoms with Crippen LogP contribution in [0.25, 0.3) is 0 Å². The summed E-state index contributed by atoms with van der Waals surface area (Å²) in [5, 5.41) is 3.52. The SMILES string of the molecule is O=C1C[C@]2(C(=O)N1Cc1ccccc1)c1ccccc1N[C@@H]2c1ccccc1. The molecular formula is C24H20N2O2. The van der Waals surface area contributed by atoms with Crippen LogP contribution < -0.4 is 5.32 Å². The lowest BCUT2D eigenvalue weighted by atomic mass is 9.73. The standard InChI is InChI=1S/C24H20N2O2/c27-21-15-24(23(28)26(21)16-17-9-3-1-4-10-17)19-13-7-8-14-20(19)25-22(24)18-11-5-2-6-12-18/h1-14,22,25H,15-16H2/t22-,24+/m1/s1. The summed E-state index contributed by atoms with van der Waals surface area (Å²) >= 11 is 0. The van der Waals surface area contributed by atoms with Gasteiger partial charge in [-0.3, -0.25) is 14.5 Å². The molecule has 1 N–H and O–H groups in total. The Morgan fingerprint density at radius 1 is 0.857 bits per heavy atom. The number of fused-ring (bicyclic) bond motifs is 2. The molecule has 3 aromatic carbocycles. The molecule has 1 fully saturated rings. The summed E-state index contributed by atoms with van der Waals surface area (Å²) in [6.45, 7) is 0.309. The van der Waals surface area contributed by atoms with Gasteiger partial charge < -0.3 is 5.32 Å². The highest BCUT2D eigenvalue weighted by molar-refractivity contribution is 6.11. The first kappa shape index (κ1) is 16.8. The van der Waals surface area contributed by atoms with Crippen molar-refractivity contribution in [2.75, 3.05) is 5.32 Å².